The lowest BCUT2D eigenvalue weighted by atomic mass is 10.2. The summed E-state index contributed by atoms with van der Waals surface area (Å²) >= 11 is 0. The van der Waals surface area contributed by atoms with E-state index in [0.29, 0.717) is 5.56 Å². The molecule has 0 radical (unpaired) electrons. The fourth-order valence-corrected chi connectivity index (χ4v) is 2.09. The minimum Gasteiger partial charge on any atom is -0.493 e. The number of benzene rings is 2. The molecule has 0 atom stereocenters. The largest absolute Gasteiger partial charge is 0.493 e. The number of halogens is 3. The van der Waals surface area contributed by atoms with Gasteiger partial charge in [-0.1, -0.05) is 12.1 Å². The van der Waals surface area contributed by atoms with Crippen LogP contribution < -0.4 is 14.8 Å². The maximum absolute atomic E-state index is 13.0. The number of alkyl halides is 2. The number of rotatable bonds is 8. The Bertz CT molecular complexity index is 870. The van der Waals surface area contributed by atoms with Gasteiger partial charge < -0.3 is 19.5 Å². The minimum absolute atomic E-state index is 0.0605. The number of nitrogens with one attached hydrogen (secondary N) is 1. The molecule has 28 heavy (non-hydrogen) atoms. The molecule has 0 heterocycles. The average molecular weight is 395 g/mol. The summed E-state index contributed by atoms with van der Waals surface area (Å²) in [5.41, 5.74) is 0.689. The monoisotopic (exact) mass is 395 g/mol. The molecule has 1 N–H and O–H groups in total. The maximum Gasteiger partial charge on any atom is 0.387 e. The fraction of sp³-hybridized carbons (Fsp3) is 0.158. The summed E-state index contributed by atoms with van der Waals surface area (Å²) in [4.78, 5) is 23.4. The molecular weight excluding hydrogens is 379 g/mol. The van der Waals surface area contributed by atoms with Crippen LogP contribution in [-0.4, -0.2) is 32.2 Å². The first-order valence-corrected chi connectivity index (χ1v) is 7.90. The lowest BCUT2D eigenvalue weighted by molar-refractivity contribution is -0.142. The molecule has 2 aromatic carbocycles. The standard InChI is InChI=1S/C19H16F3NO5/c1-26-16-9-12(5-7-15(16)28-19(21)22)6-8-18(25)27-11-17(24)23-14-4-2-3-13(20)10-14/h2-10,19H,11H2,1H3,(H,23,24). The molecule has 0 aliphatic carbocycles. The van der Waals surface area contributed by atoms with Crippen LogP contribution in [0, 0.1) is 5.82 Å². The highest BCUT2D eigenvalue weighted by Crippen LogP contribution is 2.29. The molecule has 0 saturated carbocycles. The van der Waals surface area contributed by atoms with Crippen LogP contribution in [0.25, 0.3) is 6.08 Å². The zero-order valence-corrected chi connectivity index (χ0v) is 14.7. The zero-order chi connectivity index (χ0) is 20.5. The molecule has 1 amide bonds. The van der Waals surface area contributed by atoms with Gasteiger partial charge in [-0.15, -0.1) is 0 Å². The molecule has 0 spiro atoms. The third-order valence-electron chi connectivity index (χ3n) is 3.27. The van der Waals surface area contributed by atoms with E-state index in [2.05, 4.69) is 10.1 Å². The van der Waals surface area contributed by atoms with Crippen molar-refractivity contribution in [1.29, 1.82) is 0 Å². The van der Waals surface area contributed by atoms with Crippen LogP contribution in [-0.2, 0) is 14.3 Å². The molecule has 2 aromatic rings. The Morgan fingerprint density at radius 1 is 1.14 bits per heavy atom. The highest BCUT2D eigenvalue weighted by atomic mass is 19.3. The number of carbonyl (C=O) groups excluding carboxylic acids is 2. The number of esters is 1. The fourth-order valence-electron chi connectivity index (χ4n) is 2.09. The number of carbonyl (C=O) groups is 2. The van der Waals surface area contributed by atoms with Gasteiger partial charge in [0.1, 0.15) is 5.82 Å². The van der Waals surface area contributed by atoms with E-state index in [-0.39, 0.29) is 17.2 Å². The quantitative estimate of drug-likeness (QED) is 0.546. The predicted octanol–water partition coefficient (Wildman–Crippen LogP) is 3.63. The number of hydrogen-bond donors (Lipinski definition) is 1. The molecule has 0 aliphatic heterocycles. The van der Waals surface area contributed by atoms with E-state index < -0.39 is 30.9 Å². The lowest BCUT2D eigenvalue weighted by Crippen LogP contribution is -2.20. The van der Waals surface area contributed by atoms with Crippen LogP contribution in [0.4, 0.5) is 18.9 Å². The molecule has 2 rings (SSSR count). The lowest BCUT2D eigenvalue weighted by Gasteiger charge is -2.10. The molecule has 148 valence electrons. The van der Waals surface area contributed by atoms with Gasteiger partial charge in [0.2, 0.25) is 0 Å². The summed E-state index contributed by atoms with van der Waals surface area (Å²) in [6, 6.07) is 9.33. The zero-order valence-electron chi connectivity index (χ0n) is 14.7. The normalized spacial score (nSPS) is 10.8. The summed E-state index contributed by atoms with van der Waals surface area (Å²) in [6.45, 7) is -3.56. The van der Waals surface area contributed by atoms with Crippen molar-refractivity contribution >= 4 is 23.6 Å². The van der Waals surface area contributed by atoms with Crippen LogP contribution in [0.2, 0.25) is 0 Å². The third kappa shape index (κ3) is 6.67. The Morgan fingerprint density at radius 2 is 1.93 bits per heavy atom. The second-order valence-corrected chi connectivity index (χ2v) is 5.29. The molecule has 0 unspecified atom stereocenters. The SMILES string of the molecule is COc1cc(C=CC(=O)OCC(=O)Nc2cccc(F)c2)ccc1OC(F)F. The summed E-state index contributed by atoms with van der Waals surface area (Å²) in [5, 5.41) is 2.38. The van der Waals surface area contributed by atoms with Crippen molar-refractivity contribution in [3.63, 3.8) is 0 Å². The van der Waals surface area contributed by atoms with Gasteiger partial charge in [-0.2, -0.15) is 8.78 Å². The number of amides is 1. The van der Waals surface area contributed by atoms with Crippen LogP contribution in [0.5, 0.6) is 11.5 Å². The second kappa shape index (κ2) is 10.0. The molecule has 9 heteroatoms. The Balaban J connectivity index is 1.88. The number of hydrogen-bond acceptors (Lipinski definition) is 5. The first-order valence-electron chi connectivity index (χ1n) is 7.90. The molecule has 0 aromatic heterocycles. The highest BCUT2D eigenvalue weighted by molar-refractivity contribution is 5.94. The number of methoxy groups -OCH3 is 1. The van der Waals surface area contributed by atoms with Crippen LogP contribution in [0.1, 0.15) is 5.56 Å². The molecule has 6 nitrogen and oxygen atoms in total. The Labute approximate surface area is 158 Å². The van der Waals surface area contributed by atoms with Gasteiger partial charge in [0, 0.05) is 11.8 Å². The molecule has 0 fully saturated rings. The van der Waals surface area contributed by atoms with Gasteiger partial charge in [-0.25, -0.2) is 9.18 Å². The average Bonchev–Trinajstić information content (AvgIpc) is 2.65. The first kappa shape index (κ1) is 20.8. The summed E-state index contributed by atoms with van der Waals surface area (Å²) in [7, 11) is 1.28. The molecule has 0 saturated heterocycles. The van der Waals surface area contributed by atoms with Crippen molar-refractivity contribution in [3.05, 3.63) is 59.9 Å². The van der Waals surface area contributed by atoms with E-state index in [0.717, 1.165) is 12.1 Å². The van der Waals surface area contributed by atoms with Gasteiger partial charge in [0.05, 0.1) is 7.11 Å². The molecule has 0 bridgehead atoms. The van der Waals surface area contributed by atoms with E-state index in [1.165, 1.54) is 49.6 Å². The predicted molar refractivity (Wildman–Crippen MR) is 94.6 cm³/mol. The van der Waals surface area contributed by atoms with Crippen molar-refractivity contribution in [1.82, 2.24) is 0 Å². The topological polar surface area (TPSA) is 73.9 Å². The van der Waals surface area contributed by atoms with Gasteiger partial charge >= 0.3 is 12.6 Å². The van der Waals surface area contributed by atoms with E-state index in [1.54, 1.807) is 0 Å². The van der Waals surface area contributed by atoms with Gasteiger partial charge in [-0.05, 0) is 42.0 Å². The molecule has 0 aliphatic rings. The van der Waals surface area contributed by atoms with E-state index in [9.17, 15) is 22.8 Å². The Kier molecular flexibility index (Phi) is 7.44. The van der Waals surface area contributed by atoms with Crippen LogP contribution in [0.15, 0.2) is 48.5 Å². The van der Waals surface area contributed by atoms with Crippen molar-refractivity contribution < 1.29 is 37.0 Å². The maximum atomic E-state index is 13.0. The minimum atomic E-state index is -3.00. The first-order chi connectivity index (χ1) is 13.4. The summed E-state index contributed by atoms with van der Waals surface area (Å²) in [5.74, 6) is -2.04. The van der Waals surface area contributed by atoms with Crippen molar-refractivity contribution in [3.8, 4) is 11.5 Å². The number of anilines is 1. The Morgan fingerprint density at radius 3 is 2.61 bits per heavy atom. The smallest absolute Gasteiger partial charge is 0.387 e. The Hall–Kier alpha value is -3.49. The van der Waals surface area contributed by atoms with Gasteiger partial charge in [-0.3, -0.25) is 4.79 Å². The van der Waals surface area contributed by atoms with Gasteiger partial charge in [0.15, 0.2) is 18.1 Å². The van der Waals surface area contributed by atoms with Gasteiger partial charge in [0.25, 0.3) is 5.91 Å². The summed E-state index contributed by atoms with van der Waals surface area (Å²) < 4.78 is 51.6. The van der Waals surface area contributed by atoms with Crippen molar-refractivity contribution in [2.75, 3.05) is 19.0 Å². The second-order valence-electron chi connectivity index (χ2n) is 5.29. The van der Waals surface area contributed by atoms with E-state index in [1.807, 2.05) is 0 Å². The number of ether oxygens (including phenoxy) is 3. The van der Waals surface area contributed by atoms with E-state index >= 15 is 0 Å². The van der Waals surface area contributed by atoms with Crippen molar-refractivity contribution in [2.45, 2.75) is 6.61 Å². The summed E-state index contributed by atoms with van der Waals surface area (Å²) in [6.07, 6.45) is 2.40. The third-order valence-corrected chi connectivity index (χ3v) is 3.27. The molecular formula is C19H16F3NO5. The van der Waals surface area contributed by atoms with Crippen LogP contribution in [0.3, 0.4) is 0 Å². The highest BCUT2D eigenvalue weighted by Gasteiger charge is 2.11. The van der Waals surface area contributed by atoms with Crippen LogP contribution >= 0.6 is 0 Å². The van der Waals surface area contributed by atoms with E-state index in [4.69, 9.17) is 9.47 Å². The van der Waals surface area contributed by atoms with Crippen molar-refractivity contribution in [2.24, 2.45) is 0 Å².